The van der Waals surface area contributed by atoms with Crippen molar-refractivity contribution in [3.63, 3.8) is 0 Å². The van der Waals surface area contributed by atoms with E-state index < -0.39 is 0 Å². The molecule has 3 rings (SSSR count). The Hall–Kier alpha value is -1.56. The number of carbonyl (C=O) groups excluding carboxylic acids is 1. The van der Waals surface area contributed by atoms with Gasteiger partial charge in [0.2, 0.25) is 0 Å². The Morgan fingerprint density at radius 1 is 1.33 bits per heavy atom. The summed E-state index contributed by atoms with van der Waals surface area (Å²) in [6.45, 7) is 4.45. The number of halogens is 2. The molecule has 128 valence electrons. The van der Waals surface area contributed by atoms with Gasteiger partial charge in [0.25, 0.3) is 5.91 Å². The number of aryl methyl sites for hydroxylation is 1. The van der Waals surface area contributed by atoms with Gasteiger partial charge >= 0.3 is 0 Å². The number of aromatic nitrogens is 1. The molecule has 1 fully saturated rings. The molecule has 1 saturated heterocycles. The van der Waals surface area contributed by atoms with Gasteiger partial charge in [-0.15, -0.1) is 0 Å². The summed E-state index contributed by atoms with van der Waals surface area (Å²) in [5.74, 6) is 0.266. The van der Waals surface area contributed by atoms with E-state index in [4.69, 9.17) is 27.6 Å². The molecule has 2 aromatic heterocycles. The lowest BCUT2D eigenvalue weighted by atomic mass is 10.0. The number of amides is 1. The van der Waals surface area contributed by atoms with E-state index in [-0.39, 0.29) is 11.9 Å². The van der Waals surface area contributed by atoms with Crippen molar-refractivity contribution in [3.05, 3.63) is 51.7 Å². The number of piperidine rings is 1. The summed E-state index contributed by atoms with van der Waals surface area (Å²) in [5.41, 5.74) is 1.91. The van der Waals surface area contributed by atoms with Crippen molar-refractivity contribution < 1.29 is 9.21 Å². The standard InChI is InChI=1S/C17H19Cl2N3O2/c1-11-4-7-24-16(11)17(23)20-13-2-5-22(6-3-13)10-12-8-14(18)21-15(19)9-12/h4,7-9,13H,2-3,5-6,10H2,1H3,(H,20,23). The van der Waals surface area contributed by atoms with Crippen LogP contribution in [0.25, 0.3) is 0 Å². The minimum absolute atomic E-state index is 0.136. The van der Waals surface area contributed by atoms with E-state index >= 15 is 0 Å². The van der Waals surface area contributed by atoms with E-state index in [1.807, 2.05) is 19.1 Å². The third-order valence-corrected chi connectivity index (χ3v) is 4.61. The summed E-state index contributed by atoms with van der Waals surface area (Å²) in [7, 11) is 0. The maximum absolute atomic E-state index is 12.2. The molecule has 2 aromatic rings. The molecule has 0 atom stereocenters. The Kier molecular flexibility index (Phi) is 5.43. The summed E-state index contributed by atoms with van der Waals surface area (Å²) in [5, 5.41) is 3.87. The van der Waals surface area contributed by atoms with Crippen LogP contribution in [0.3, 0.4) is 0 Å². The van der Waals surface area contributed by atoms with Crippen LogP contribution < -0.4 is 5.32 Å². The zero-order valence-electron chi connectivity index (χ0n) is 13.4. The van der Waals surface area contributed by atoms with Gasteiger partial charge in [-0.25, -0.2) is 4.98 Å². The van der Waals surface area contributed by atoms with Crippen molar-refractivity contribution in [3.8, 4) is 0 Å². The summed E-state index contributed by atoms with van der Waals surface area (Å²) in [4.78, 5) is 18.5. The number of hydrogen-bond acceptors (Lipinski definition) is 4. The Bertz CT molecular complexity index is 704. The number of likely N-dealkylation sites (tertiary alicyclic amines) is 1. The van der Waals surface area contributed by atoms with Crippen LogP contribution in [0.5, 0.6) is 0 Å². The minimum Gasteiger partial charge on any atom is -0.459 e. The molecule has 0 bridgehead atoms. The summed E-state index contributed by atoms with van der Waals surface area (Å²) in [6, 6.07) is 5.63. The van der Waals surface area contributed by atoms with Gasteiger partial charge in [0, 0.05) is 31.2 Å². The van der Waals surface area contributed by atoms with Gasteiger partial charge in [0.1, 0.15) is 10.3 Å². The normalized spacial score (nSPS) is 16.3. The largest absolute Gasteiger partial charge is 0.459 e. The van der Waals surface area contributed by atoms with Gasteiger partial charge in [0.05, 0.1) is 6.26 Å². The molecule has 0 aliphatic carbocycles. The van der Waals surface area contributed by atoms with E-state index in [1.165, 1.54) is 6.26 Å². The van der Waals surface area contributed by atoms with Crippen LogP contribution in [-0.4, -0.2) is 34.9 Å². The molecule has 0 aromatic carbocycles. The molecular formula is C17H19Cl2N3O2. The summed E-state index contributed by atoms with van der Waals surface area (Å²) in [6.07, 6.45) is 3.34. The quantitative estimate of drug-likeness (QED) is 0.837. The average molecular weight is 368 g/mol. The first-order valence-electron chi connectivity index (χ1n) is 7.90. The Labute approximate surface area is 150 Å². The first kappa shape index (κ1) is 17.3. The molecule has 7 heteroatoms. The van der Waals surface area contributed by atoms with Crippen molar-refractivity contribution in [2.45, 2.75) is 32.4 Å². The number of hydrogen-bond donors (Lipinski definition) is 1. The number of pyridine rings is 1. The fraction of sp³-hybridized carbons (Fsp3) is 0.412. The van der Waals surface area contributed by atoms with Crippen LogP contribution >= 0.6 is 23.2 Å². The highest BCUT2D eigenvalue weighted by atomic mass is 35.5. The van der Waals surface area contributed by atoms with Gasteiger partial charge in [-0.05, 0) is 43.5 Å². The zero-order valence-corrected chi connectivity index (χ0v) is 14.9. The molecule has 0 unspecified atom stereocenters. The second-order valence-corrected chi connectivity index (χ2v) is 6.85. The SMILES string of the molecule is Cc1ccoc1C(=O)NC1CCN(Cc2cc(Cl)nc(Cl)c2)CC1. The monoisotopic (exact) mass is 367 g/mol. The number of nitrogens with one attached hydrogen (secondary N) is 1. The fourth-order valence-electron chi connectivity index (χ4n) is 2.96. The van der Waals surface area contributed by atoms with Crippen LogP contribution in [0.15, 0.2) is 28.9 Å². The van der Waals surface area contributed by atoms with Crippen LogP contribution in [0, 0.1) is 6.92 Å². The van der Waals surface area contributed by atoms with Crippen molar-refractivity contribution in [1.29, 1.82) is 0 Å². The van der Waals surface area contributed by atoms with Gasteiger partial charge in [0.15, 0.2) is 5.76 Å². The predicted octanol–water partition coefficient (Wildman–Crippen LogP) is 3.68. The second kappa shape index (κ2) is 7.55. The molecule has 1 N–H and O–H groups in total. The lowest BCUT2D eigenvalue weighted by Gasteiger charge is -2.32. The molecule has 0 saturated carbocycles. The average Bonchev–Trinajstić information content (AvgIpc) is 2.94. The zero-order chi connectivity index (χ0) is 17.1. The number of furan rings is 1. The molecule has 1 aliphatic rings. The highest BCUT2D eigenvalue weighted by molar-refractivity contribution is 6.32. The van der Waals surface area contributed by atoms with Crippen LogP contribution in [-0.2, 0) is 6.54 Å². The molecule has 5 nitrogen and oxygen atoms in total. The molecule has 1 aliphatic heterocycles. The lowest BCUT2D eigenvalue weighted by molar-refractivity contribution is 0.0880. The molecule has 3 heterocycles. The third kappa shape index (κ3) is 4.29. The highest BCUT2D eigenvalue weighted by Crippen LogP contribution is 2.19. The van der Waals surface area contributed by atoms with Crippen LogP contribution in [0.2, 0.25) is 10.3 Å². The first-order chi connectivity index (χ1) is 11.5. The van der Waals surface area contributed by atoms with E-state index in [0.717, 1.165) is 43.6 Å². The third-order valence-electron chi connectivity index (χ3n) is 4.22. The predicted molar refractivity (Wildman–Crippen MR) is 93.5 cm³/mol. The second-order valence-electron chi connectivity index (χ2n) is 6.08. The van der Waals surface area contributed by atoms with E-state index in [1.54, 1.807) is 6.07 Å². The number of carbonyl (C=O) groups is 1. The maximum atomic E-state index is 12.2. The van der Waals surface area contributed by atoms with Crippen molar-refractivity contribution in [1.82, 2.24) is 15.2 Å². The van der Waals surface area contributed by atoms with Crippen LogP contribution in [0.1, 0.15) is 34.5 Å². The van der Waals surface area contributed by atoms with E-state index in [2.05, 4.69) is 15.2 Å². The molecule has 1 amide bonds. The lowest BCUT2D eigenvalue weighted by Crippen LogP contribution is -2.44. The van der Waals surface area contributed by atoms with Gasteiger partial charge < -0.3 is 9.73 Å². The molecular weight excluding hydrogens is 349 g/mol. The number of rotatable bonds is 4. The maximum Gasteiger partial charge on any atom is 0.287 e. The van der Waals surface area contributed by atoms with E-state index in [0.29, 0.717) is 16.1 Å². The number of nitrogens with zero attached hydrogens (tertiary/aromatic N) is 2. The Morgan fingerprint density at radius 3 is 2.58 bits per heavy atom. The first-order valence-corrected chi connectivity index (χ1v) is 8.66. The van der Waals surface area contributed by atoms with Gasteiger partial charge in [-0.3, -0.25) is 9.69 Å². The summed E-state index contributed by atoms with van der Waals surface area (Å²) < 4.78 is 5.24. The highest BCUT2D eigenvalue weighted by Gasteiger charge is 2.23. The van der Waals surface area contributed by atoms with Crippen LogP contribution in [0.4, 0.5) is 0 Å². The van der Waals surface area contributed by atoms with Crippen molar-refractivity contribution in [2.75, 3.05) is 13.1 Å². The van der Waals surface area contributed by atoms with Gasteiger partial charge in [-0.2, -0.15) is 0 Å². The topological polar surface area (TPSA) is 58.4 Å². The fourth-order valence-corrected chi connectivity index (χ4v) is 3.46. The molecule has 0 radical (unpaired) electrons. The molecule has 0 spiro atoms. The molecule has 24 heavy (non-hydrogen) atoms. The van der Waals surface area contributed by atoms with Crippen molar-refractivity contribution in [2.24, 2.45) is 0 Å². The van der Waals surface area contributed by atoms with Crippen molar-refractivity contribution >= 4 is 29.1 Å². The summed E-state index contributed by atoms with van der Waals surface area (Å²) >= 11 is 11.9. The minimum atomic E-state index is -0.136. The Morgan fingerprint density at radius 2 is 2.00 bits per heavy atom. The van der Waals surface area contributed by atoms with E-state index in [9.17, 15) is 4.79 Å². The smallest absolute Gasteiger partial charge is 0.287 e. The Balaban J connectivity index is 1.50. The van der Waals surface area contributed by atoms with Gasteiger partial charge in [-0.1, -0.05) is 23.2 Å².